The fourth-order valence-electron chi connectivity index (χ4n) is 2.17. The number of hydrogen-bond donors (Lipinski definition) is 0. The van der Waals surface area contributed by atoms with Crippen LogP contribution >= 0.6 is 34.3 Å². The molecular formula is C16H13ClN2OS2. The van der Waals surface area contributed by atoms with Crippen LogP contribution in [0.2, 0.25) is 4.34 Å². The molecule has 1 amide bonds. The zero-order valence-electron chi connectivity index (χ0n) is 11.7. The number of aromatic nitrogens is 1. The highest BCUT2D eigenvalue weighted by atomic mass is 35.5. The van der Waals surface area contributed by atoms with E-state index in [-0.39, 0.29) is 5.91 Å². The van der Waals surface area contributed by atoms with Gasteiger partial charge in [-0.05, 0) is 30.3 Å². The summed E-state index contributed by atoms with van der Waals surface area (Å²) >= 11 is 8.98. The number of amides is 1. The van der Waals surface area contributed by atoms with Gasteiger partial charge >= 0.3 is 0 Å². The number of thiophene rings is 1. The van der Waals surface area contributed by atoms with Crippen LogP contribution in [-0.4, -0.2) is 22.3 Å². The number of thiazole rings is 1. The molecule has 3 aromatic rings. The van der Waals surface area contributed by atoms with E-state index in [1.165, 1.54) is 22.7 Å². The molecule has 112 valence electrons. The second-order valence-electron chi connectivity index (χ2n) is 4.72. The van der Waals surface area contributed by atoms with Crippen LogP contribution < -0.4 is 0 Å². The Balaban J connectivity index is 1.86. The molecule has 0 bridgehead atoms. The minimum Gasteiger partial charge on any atom is -0.330 e. The maximum Gasteiger partial charge on any atom is 0.254 e. The van der Waals surface area contributed by atoms with Crippen LogP contribution in [0, 0.1) is 0 Å². The van der Waals surface area contributed by atoms with Crippen molar-refractivity contribution >= 4 is 50.4 Å². The first-order valence-corrected chi connectivity index (χ1v) is 8.72. The lowest BCUT2D eigenvalue weighted by Crippen LogP contribution is -2.30. The van der Waals surface area contributed by atoms with Gasteiger partial charge in [0.1, 0.15) is 0 Å². The Bertz CT molecular complexity index is 824. The summed E-state index contributed by atoms with van der Waals surface area (Å²) < 4.78 is 1.75. The van der Waals surface area contributed by atoms with Crippen molar-refractivity contribution < 1.29 is 4.79 Å². The van der Waals surface area contributed by atoms with Crippen molar-refractivity contribution in [2.75, 3.05) is 6.54 Å². The number of carbonyl (C=O) groups is 1. The van der Waals surface area contributed by atoms with Crippen LogP contribution in [0.5, 0.6) is 0 Å². The molecule has 3 rings (SSSR count). The fourth-order valence-corrected chi connectivity index (χ4v) is 3.99. The Hall–Kier alpha value is -1.69. The molecule has 0 aliphatic carbocycles. The summed E-state index contributed by atoms with van der Waals surface area (Å²) in [6.45, 7) is 4.77. The normalized spacial score (nSPS) is 10.8. The predicted octanol–water partition coefficient (Wildman–Crippen LogP) is 4.84. The summed E-state index contributed by atoms with van der Waals surface area (Å²) in [6.07, 6.45) is 1.73. The molecule has 0 N–H and O–H groups in total. The summed E-state index contributed by atoms with van der Waals surface area (Å²) in [5, 5.41) is 0. The molecule has 0 aliphatic rings. The van der Waals surface area contributed by atoms with Gasteiger partial charge in [-0.1, -0.05) is 17.7 Å². The van der Waals surface area contributed by atoms with Gasteiger partial charge in [0.2, 0.25) is 0 Å². The predicted molar refractivity (Wildman–Crippen MR) is 93.9 cm³/mol. The standard InChI is InChI=1S/C16H13ClN2OS2/c1-2-7-19(9-12-4-6-15(17)22-12)16(20)11-3-5-13-14(8-11)21-10-18-13/h2-6,8,10H,1,7,9H2. The fraction of sp³-hybridized carbons (Fsp3) is 0.125. The second kappa shape index (κ2) is 6.60. The van der Waals surface area contributed by atoms with Crippen LogP contribution in [0.25, 0.3) is 10.2 Å². The number of benzene rings is 1. The van der Waals surface area contributed by atoms with E-state index in [9.17, 15) is 4.79 Å². The zero-order valence-corrected chi connectivity index (χ0v) is 14.0. The molecule has 6 heteroatoms. The highest BCUT2D eigenvalue weighted by Gasteiger charge is 2.16. The van der Waals surface area contributed by atoms with Gasteiger partial charge in [-0.15, -0.1) is 29.3 Å². The third kappa shape index (κ3) is 3.21. The molecule has 3 nitrogen and oxygen atoms in total. The molecule has 0 aliphatic heterocycles. The monoisotopic (exact) mass is 348 g/mol. The van der Waals surface area contributed by atoms with Crippen LogP contribution in [0.1, 0.15) is 15.2 Å². The van der Waals surface area contributed by atoms with Crippen LogP contribution in [0.15, 0.2) is 48.5 Å². The Morgan fingerprint density at radius 1 is 1.36 bits per heavy atom. The summed E-state index contributed by atoms with van der Waals surface area (Å²) in [6, 6.07) is 9.39. The third-order valence-corrected chi connectivity index (χ3v) is 5.20. The molecule has 0 fully saturated rings. The van der Waals surface area contributed by atoms with E-state index in [2.05, 4.69) is 11.6 Å². The highest BCUT2D eigenvalue weighted by molar-refractivity contribution is 7.16. The summed E-state index contributed by atoms with van der Waals surface area (Å²) in [4.78, 5) is 19.8. The minimum absolute atomic E-state index is 0.0141. The van der Waals surface area contributed by atoms with Gasteiger partial charge in [-0.3, -0.25) is 4.79 Å². The number of hydrogen-bond acceptors (Lipinski definition) is 4. The van der Waals surface area contributed by atoms with Gasteiger partial charge in [-0.2, -0.15) is 0 Å². The smallest absolute Gasteiger partial charge is 0.254 e. The number of fused-ring (bicyclic) bond motifs is 1. The first-order valence-electron chi connectivity index (χ1n) is 6.65. The molecule has 0 atom stereocenters. The zero-order chi connectivity index (χ0) is 15.5. The average Bonchev–Trinajstić information content (AvgIpc) is 3.14. The minimum atomic E-state index is -0.0141. The van der Waals surface area contributed by atoms with Gasteiger partial charge < -0.3 is 4.90 Å². The molecule has 0 radical (unpaired) electrons. The van der Waals surface area contributed by atoms with E-state index in [1.54, 1.807) is 16.5 Å². The van der Waals surface area contributed by atoms with E-state index < -0.39 is 0 Å². The van der Waals surface area contributed by atoms with Crippen LogP contribution in [-0.2, 0) is 6.54 Å². The van der Waals surface area contributed by atoms with Gasteiger partial charge in [0.15, 0.2) is 0 Å². The average molecular weight is 349 g/mol. The molecule has 2 aromatic heterocycles. The first kappa shape index (κ1) is 15.2. The lowest BCUT2D eigenvalue weighted by Gasteiger charge is -2.20. The van der Waals surface area contributed by atoms with E-state index in [4.69, 9.17) is 11.6 Å². The van der Waals surface area contributed by atoms with Crippen molar-refractivity contribution in [3.8, 4) is 0 Å². The van der Waals surface area contributed by atoms with Gasteiger partial charge in [-0.25, -0.2) is 4.98 Å². The molecule has 22 heavy (non-hydrogen) atoms. The number of carbonyl (C=O) groups excluding carboxylic acids is 1. The Morgan fingerprint density at radius 2 is 2.23 bits per heavy atom. The molecule has 0 unspecified atom stereocenters. The Labute approximate surface area is 141 Å². The largest absolute Gasteiger partial charge is 0.330 e. The molecule has 0 saturated carbocycles. The summed E-state index contributed by atoms with van der Waals surface area (Å²) in [5.41, 5.74) is 3.37. The van der Waals surface area contributed by atoms with Crippen molar-refractivity contribution in [1.82, 2.24) is 9.88 Å². The third-order valence-electron chi connectivity index (χ3n) is 3.19. The Morgan fingerprint density at radius 3 is 2.95 bits per heavy atom. The van der Waals surface area contributed by atoms with Crippen molar-refractivity contribution in [2.45, 2.75) is 6.54 Å². The van der Waals surface area contributed by atoms with Crippen molar-refractivity contribution in [2.24, 2.45) is 0 Å². The number of rotatable bonds is 5. The van der Waals surface area contributed by atoms with E-state index in [1.807, 2.05) is 30.3 Å². The van der Waals surface area contributed by atoms with Gasteiger partial charge in [0, 0.05) is 17.0 Å². The number of nitrogens with zero attached hydrogens (tertiary/aromatic N) is 2. The lowest BCUT2D eigenvalue weighted by atomic mass is 10.2. The van der Waals surface area contributed by atoms with Gasteiger partial charge in [0.25, 0.3) is 5.91 Å². The van der Waals surface area contributed by atoms with Crippen molar-refractivity contribution in [3.63, 3.8) is 0 Å². The van der Waals surface area contributed by atoms with E-state index in [0.29, 0.717) is 18.7 Å². The lowest BCUT2D eigenvalue weighted by molar-refractivity contribution is 0.0764. The summed E-state index contributed by atoms with van der Waals surface area (Å²) in [5.74, 6) is -0.0141. The SMILES string of the molecule is C=CCN(Cc1ccc(Cl)s1)C(=O)c1ccc2ncsc2c1. The summed E-state index contributed by atoms with van der Waals surface area (Å²) in [7, 11) is 0. The maximum atomic E-state index is 12.7. The highest BCUT2D eigenvalue weighted by Crippen LogP contribution is 2.24. The van der Waals surface area contributed by atoms with Crippen molar-refractivity contribution in [1.29, 1.82) is 0 Å². The molecule has 0 saturated heterocycles. The van der Waals surface area contributed by atoms with E-state index >= 15 is 0 Å². The molecule has 1 aromatic carbocycles. The second-order valence-corrected chi connectivity index (χ2v) is 7.40. The Kier molecular flexibility index (Phi) is 4.57. The molecule has 2 heterocycles. The topological polar surface area (TPSA) is 33.2 Å². The van der Waals surface area contributed by atoms with E-state index in [0.717, 1.165) is 19.4 Å². The molecular weight excluding hydrogens is 336 g/mol. The van der Waals surface area contributed by atoms with Crippen molar-refractivity contribution in [3.05, 3.63) is 63.3 Å². The number of halogens is 1. The van der Waals surface area contributed by atoms with Crippen LogP contribution in [0.3, 0.4) is 0 Å². The van der Waals surface area contributed by atoms with Crippen LogP contribution in [0.4, 0.5) is 0 Å². The quantitative estimate of drug-likeness (QED) is 0.618. The maximum absolute atomic E-state index is 12.7. The first-order chi connectivity index (χ1) is 10.7. The van der Waals surface area contributed by atoms with Gasteiger partial charge in [0.05, 0.1) is 26.6 Å². The molecule has 0 spiro atoms.